The van der Waals surface area contributed by atoms with Gasteiger partial charge in [-0.15, -0.1) is 0 Å². The van der Waals surface area contributed by atoms with Gasteiger partial charge in [0.05, 0.1) is 18.3 Å². The molecule has 0 fully saturated rings. The molecule has 0 saturated carbocycles. The molecular weight excluding hydrogens is 222 g/mol. The SMILES string of the molecule is Cc1nccc(CNC(=O)C(=O)NCC#N)n1. The number of carbonyl (C=O) groups is 2. The van der Waals surface area contributed by atoms with E-state index in [0.29, 0.717) is 11.5 Å². The second-order valence-corrected chi connectivity index (χ2v) is 3.12. The highest BCUT2D eigenvalue weighted by molar-refractivity contribution is 6.35. The summed E-state index contributed by atoms with van der Waals surface area (Å²) < 4.78 is 0. The van der Waals surface area contributed by atoms with Gasteiger partial charge >= 0.3 is 11.8 Å². The molecule has 0 aliphatic rings. The normalized spacial score (nSPS) is 9.18. The maximum Gasteiger partial charge on any atom is 0.310 e. The standard InChI is InChI=1S/C10H11N5O2/c1-7-12-4-2-8(15-7)6-14-10(17)9(16)13-5-3-11/h2,4H,5-6H2,1H3,(H,13,16)(H,14,17). The Morgan fingerprint density at radius 2 is 2.12 bits per heavy atom. The molecule has 0 bridgehead atoms. The van der Waals surface area contributed by atoms with E-state index in [1.165, 1.54) is 0 Å². The second kappa shape index (κ2) is 6.17. The van der Waals surface area contributed by atoms with Crippen LogP contribution in [0.25, 0.3) is 0 Å². The molecule has 0 aliphatic heterocycles. The Morgan fingerprint density at radius 3 is 2.76 bits per heavy atom. The van der Waals surface area contributed by atoms with Crippen LogP contribution in [0, 0.1) is 18.3 Å². The minimum absolute atomic E-state index is 0.141. The number of aromatic nitrogens is 2. The number of nitriles is 1. The molecule has 1 aromatic rings. The molecule has 2 amide bonds. The highest BCUT2D eigenvalue weighted by Gasteiger charge is 2.12. The summed E-state index contributed by atoms with van der Waals surface area (Å²) in [4.78, 5) is 30.3. The second-order valence-electron chi connectivity index (χ2n) is 3.12. The molecule has 1 heterocycles. The van der Waals surface area contributed by atoms with Crippen LogP contribution in [0.15, 0.2) is 12.3 Å². The van der Waals surface area contributed by atoms with Gasteiger partial charge in [0.25, 0.3) is 0 Å². The molecule has 17 heavy (non-hydrogen) atoms. The third kappa shape index (κ3) is 4.25. The van der Waals surface area contributed by atoms with Gasteiger partial charge in [-0.05, 0) is 13.0 Å². The lowest BCUT2D eigenvalue weighted by Gasteiger charge is -2.04. The molecule has 88 valence electrons. The first-order chi connectivity index (χ1) is 8.13. The van der Waals surface area contributed by atoms with E-state index >= 15 is 0 Å². The van der Waals surface area contributed by atoms with Gasteiger partial charge in [-0.3, -0.25) is 9.59 Å². The topological polar surface area (TPSA) is 108 Å². The van der Waals surface area contributed by atoms with E-state index in [4.69, 9.17) is 5.26 Å². The van der Waals surface area contributed by atoms with Gasteiger partial charge in [0.1, 0.15) is 12.4 Å². The number of aryl methyl sites for hydroxylation is 1. The number of hydrogen-bond acceptors (Lipinski definition) is 5. The fourth-order valence-electron chi connectivity index (χ4n) is 1.05. The Kier molecular flexibility index (Phi) is 4.57. The molecule has 1 aromatic heterocycles. The predicted molar refractivity (Wildman–Crippen MR) is 57.2 cm³/mol. The Bertz CT molecular complexity index is 466. The van der Waals surface area contributed by atoms with E-state index in [2.05, 4.69) is 20.6 Å². The average Bonchev–Trinajstić information content (AvgIpc) is 2.33. The fourth-order valence-corrected chi connectivity index (χ4v) is 1.05. The zero-order valence-corrected chi connectivity index (χ0v) is 9.23. The van der Waals surface area contributed by atoms with Crippen LogP contribution in [0.4, 0.5) is 0 Å². The Hall–Kier alpha value is -2.49. The van der Waals surface area contributed by atoms with Crippen LogP contribution in [-0.2, 0) is 16.1 Å². The van der Waals surface area contributed by atoms with Crippen molar-refractivity contribution < 1.29 is 9.59 Å². The van der Waals surface area contributed by atoms with Crippen molar-refractivity contribution in [1.82, 2.24) is 20.6 Å². The maximum atomic E-state index is 11.2. The van der Waals surface area contributed by atoms with Crippen molar-refractivity contribution in [2.45, 2.75) is 13.5 Å². The molecule has 0 unspecified atom stereocenters. The van der Waals surface area contributed by atoms with Crippen molar-refractivity contribution in [2.75, 3.05) is 6.54 Å². The van der Waals surface area contributed by atoms with Crippen LogP contribution in [0.2, 0.25) is 0 Å². The van der Waals surface area contributed by atoms with Gasteiger partial charge < -0.3 is 10.6 Å². The number of nitrogens with one attached hydrogen (secondary N) is 2. The summed E-state index contributed by atoms with van der Waals surface area (Å²) in [5.74, 6) is -1.04. The van der Waals surface area contributed by atoms with Gasteiger partial charge in [0, 0.05) is 6.20 Å². The van der Waals surface area contributed by atoms with E-state index in [1.807, 2.05) is 0 Å². The molecule has 0 aromatic carbocycles. The van der Waals surface area contributed by atoms with Crippen LogP contribution >= 0.6 is 0 Å². The lowest BCUT2D eigenvalue weighted by Crippen LogP contribution is -2.39. The van der Waals surface area contributed by atoms with E-state index in [-0.39, 0.29) is 13.1 Å². The summed E-state index contributed by atoms with van der Waals surface area (Å²) in [6.07, 6.45) is 1.57. The van der Waals surface area contributed by atoms with Crippen LogP contribution in [0.3, 0.4) is 0 Å². The minimum Gasteiger partial charge on any atom is -0.342 e. The number of hydrogen-bond donors (Lipinski definition) is 2. The summed E-state index contributed by atoms with van der Waals surface area (Å²) in [6, 6.07) is 3.34. The molecule has 0 saturated heterocycles. The highest BCUT2D eigenvalue weighted by atomic mass is 16.2. The molecular formula is C10H11N5O2. The predicted octanol–water partition coefficient (Wildman–Crippen LogP) is -0.959. The molecule has 7 heteroatoms. The van der Waals surface area contributed by atoms with E-state index in [9.17, 15) is 9.59 Å². The zero-order chi connectivity index (χ0) is 12.7. The zero-order valence-electron chi connectivity index (χ0n) is 9.23. The van der Waals surface area contributed by atoms with Crippen molar-refractivity contribution >= 4 is 11.8 Å². The first-order valence-corrected chi connectivity index (χ1v) is 4.85. The smallest absolute Gasteiger partial charge is 0.310 e. The number of nitrogens with zero attached hydrogens (tertiary/aromatic N) is 3. The highest BCUT2D eigenvalue weighted by Crippen LogP contribution is 1.93. The molecule has 0 spiro atoms. The van der Waals surface area contributed by atoms with Gasteiger partial charge in [0.15, 0.2) is 0 Å². The third-order valence-electron chi connectivity index (χ3n) is 1.80. The molecule has 0 radical (unpaired) electrons. The third-order valence-corrected chi connectivity index (χ3v) is 1.80. The number of carbonyl (C=O) groups excluding carboxylic acids is 2. The van der Waals surface area contributed by atoms with Crippen molar-refractivity contribution in [3.63, 3.8) is 0 Å². The monoisotopic (exact) mass is 233 g/mol. The van der Waals surface area contributed by atoms with E-state index in [0.717, 1.165) is 0 Å². The molecule has 0 aliphatic carbocycles. The lowest BCUT2D eigenvalue weighted by atomic mass is 10.4. The van der Waals surface area contributed by atoms with Crippen LogP contribution in [0.1, 0.15) is 11.5 Å². The molecule has 0 atom stereocenters. The summed E-state index contributed by atoms with van der Waals surface area (Å²) in [5, 5.41) is 12.7. The van der Waals surface area contributed by atoms with Crippen molar-refractivity contribution in [3.05, 3.63) is 23.8 Å². The van der Waals surface area contributed by atoms with Gasteiger partial charge in [-0.2, -0.15) is 5.26 Å². The summed E-state index contributed by atoms with van der Waals surface area (Å²) in [6.45, 7) is 1.67. The molecule has 1 rings (SSSR count). The van der Waals surface area contributed by atoms with Gasteiger partial charge in [-0.1, -0.05) is 0 Å². The van der Waals surface area contributed by atoms with Crippen molar-refractivity contribution in [1.29, 1.82) is 5.26 Å². The number of rotatable bonds is 3. The summed E-state index contributed by atoms with van der Waals surface area (Å²) >= 11 is 0. The van der Waals surface area contributed by atoms with E-state index in [1.54, 1.807) is 25.3 Å². The average molecular weight is 233 g/mol. The Morgan fingerprint density at radius 1 is 1.41 bits per heavy atom. The largest absolute Gasteiger partial charge is 0.342 e. The first-order valence-electron chi connectivity index (χ1n) is 4.85. The summed E-state index contributed by atoms with van der Waals surface area (Å²) in [7, 11) is 0. The molecule has 2 N–H and O–H groups in total. The maximum absolute atomic E-state index is 11.2. The van der Waals surface area contributed by atoms with Crippen molar-refractivity contribution in [3.8, 4) is 6.07 Å². The summed E-state index contributed by atoms with van der Waals surface area (Å²) in [5.41, 5.74) is 0.610. The van der Waals surface area contributed by atoms with Gasteiger partial charge in [-0.25, -0.2) is 9.97 Å². The molecule has 7 nitrogen and oxygen atoms in total. The van der Waals surface area contributed by atoms with Crippen LogP contribution in [0.5, 0.6) is 0 Å². The van der Waals surface area contributed by atoms with Crippen LogP contribution in [-0.4, -0.2) is 28.3 Å². The van der Waals surface area contributed by atoms with Crippen LogP contribution < -0.4 is 10.6 Å². The van der Waals surface area contributed by atoms with Gasteiger partial charge in [0.2, 0.25) is 0 Å². The fraction of sp³-hybridized carbons (Fsp3) is 0.300. The Labute approximate surface area is 97.9 Å². The first kappa shape index (κ1) is 12.6. The lowest BCUT2D eigenvalue weighted by molar-refractivity contribution is -0.139. The Balaban J connectivity index is 2.43. The number of amides is 2. The van der Waals surface area contributed by atoms with E-state index < -0.39 is 11.8 Å². The minimum atomic E-state index is -0.836. The van der Waals surface area contributed by atoms with Crippen molar-refractivity contribution in [2.24, 2.45) is 0 Å². The quantitative estimate of drug-likeness (QED) is 0.516.